The summed E-state index contributed by atoms with van der Waals surface area (Å²) in [6.45, 7) is 0.275. The van der Waals surface area contributed by atoms with E-state index in [1.807, 2.05) is 0 Å². The molecule has 0 bridgehead atoms. The average Bonchev–Trinajstić information content (AvgIpc) is 2.22. The minimum Gasteiger partial charge on any atom is -0.405 e. The van der Waals surface area contributed by atoms with Gasteiger partial charge in [0.15, 0.2) is 0 Å². The van der Waals surface area contributed by atoms with Crippen LogP contribution in [-0.2, 0) is 13.1 Å². The number of hydrogen-bond acceptors (Lipinski definition) is 3. The molecule has 0 aliphatic rings. The van der Waals surface area contributed by atoms with Gasteiger partial charge >= 0.3 is 6.36 Å². The first kappa shape index (κ1) is 13.2. The van der Waals surface area contributed by atoms with Gasteiger partial charge in [-0.1, -0.05) is 0 Å². The van der Waals surface area contributed by atoms with Crippen LogP contribution in [-0.4, -0.2) is 11.3 Å². The number of hydrogen-bond donors (Lipinski definition) is 0. The number of alkyl halides is 4. The van der Waals surface area contributed by atoms with Crippen LogP contribution in [0.4, 0.5) is 17.6 Å². The van der Waals surface area contributed by atoms with E-state index in [1.54, 1.807) is 6.07 Å². The van der Waals surface area contributed by atoms with Crippen LogP contribution in [0.3, 0.4) is 0 Å². The molecule has 0 aromatic carbocycles. The molecule has 0 atom stereocenters. The van der Waals surface area contributed by atoms with Crippen LogP contribution in [0, 0.1) is 18.3 Å². The Morgan fingerprint density at radius 2 is 2.12 bits per heavy atom. The summed E-state index contributed by atoms with van der Waals surface area (Å²) in [6, 6.07) is 1.69. The lowest BCUT2D eigenvalue weighted by Crippen LogP contribution is -2.19. The summed E-state index contributed by atoms with van der Waals surface area (Å²) < 4.78 is 52.7. The quantitative estimate of drug-likeness (QED) is 0.772. The van der Waals surface area contributed by atoms with Gasteiger partial charge in [0.05, 0.1) is 18.2 Å². The molecule has 1 rings (SSSR count). The Kier molecular flexibility index (Phi) is 3.89. The van der Waals surface area contributed by atoms with Gasteiger partial charge in [-0.05, 0) is 6.92 Å². The third-order valence-corrected chi connectivity index (χ3v) is 2.06. The fourth-order valence-electron chi connectivity index (χ4n) is 1.29. The molecule has 0 amide bonds. The van der Waals surface area contributed by atoms with Crippen LogP contribution in [0.1, 0.15) is 16.8 Å². The van der Waals surface area contributed by atoms with Crippen LogP contribution < -0.4 is 4.74 Å². The number of aromatic nitrogens is 1. The predicted octanol–water partition coefficient (Wildman–Crippen LogP) is 2.82. The Balaban J connectivity index is 3.25. The topological polar surface area (TPSA) is 45.9 Å². The van der Waals surface area contributed by atoms with Crippen LogP contribution >= 0.6 is 0 Å². The van der Waals surface area contributed by atoms with Crippen LogP contribution in [0.25, 0.3) is 0 Å². The molecule has 3 nitrogen and oxygen atoms in total. The van der Waals surface area contributed by atoms with Crippen molar-refractivity contribution in [3.05, 3.63) is 23.0 Å². The van der Waals surface area contributed by atoms with Crippen molar-refractivity contribution in [2.24, 2.45) is 0 Å². The maximum Gasteiger partial charge on any atom is 0.573 e. The van der Waals surface area contributed by atoms with Gasteiger partial charge in [0.2, 0.25) is 0 Å². The Bertz CT molecular complexity index is 451. The van der Waals surface area contributed by atoms with Crippen LogP contribution in [0.5, 0.6) is 5.75 Å². The molecule has 1 aromatic rings. The minimum atomic E-state index is -4.89. The lowest BCUT2D eigenvalue weighted by atomic mass is 10.1. The highest BCUT2D eigenvalue weighted by Crippen LogP contribution is 2.31. The van der Waals surface area contributed by atoms with Crippen molar-refractivity contribution >= 4 is 0 Å². The number of halogens is 4. The van der Waals surface area contributed by atoms with Crippen molar-refractivity contribution in [1.29, 1.82) is 5.26 Å². The first-order chi connectivity index (χ1) is 7.89. The number of pyridine rings is 1. The molecule has 92 valence electrons. The third-order valence-electron chi connectivity index (χ3n) is 2.06. The molecule has 7 heteroatoms. The van der Waals surface area contributed by atoms with E-state index < -0.39 is 18.8 Å². The molecule has 0 N–H and O–H groups in total. The van der Waals surface area contributed by atoms with E-state index in [0.29, 0.717) is 0 Å². The van der Waals surface area contributed by atoms with Crippen molar-refractivity contribution in [1.82, 2.24) is 4.98 Å². The second-order valence-corrected chi connectivity index (χ2v) is 3.20. The second-order valence-electron chi connectivity index (χ2n) is 3.20. The van der Waals surface area contributed by atoms with Gasteiger partial charge in [0.25, 0.3) is 0 Å². The van der Waals surface area contributed by atoms with E-state index in [-0.39, 0.29) is 23.2 Å². The fraction of sp³-hybridized carbons (Fsp3) is 0.400. The standard InChI is InChI=1S/C10H8F4N2O/c1-6-8(4-11)16-5-7(2-3-15)9(6)17-10(12,13)14/h5H,2,4H2,1H3. The maximum absolute atomic E-state index is 12.5. The van der Waals surface area contributed by atoms with E-state index in [4.69, 9.17) is 5.26 Å². The summed E-state index contributed by atoms with van der Waals surface area (Å²) in [6.07, 6.45) is -4.15. The molecule has 1 aromatic heterocycles. The first-order valence-corrected chi connectivity index (χ1v) is 4.55. The summed E-state index contributed by atoms with van der Waals surface area (Å²) in [5.74, 6) is -0.540. The van der Waals surface area contributed by atoms with Crippen molar-refractivity contribution in [2.75, 3.05) is 0 Å². The zero-order chi connectivity index (χ0) is 13.1. The SMILES string of the molecule is Cc1c(CF)ncc(CC#N)c1OC(F)(F)F. The van der Waals surface area contributed by atoms with Crippen LogP contribution in [0.2, 0.25) is 0 Å². The second kappa shape index (κ2) is 4.99. The van der Waals surface area contributed by atoms with Crippen molar-refractivity contribution in [3.63, 3.8) is 0 Å². The Morgan fingerprint density at radius 3 is 2.59 bits per heavy atom. The van der Waals surface area contributed by atoms with E-state index in [9.17, 15) is 17.6 Å². The van der Waals surface area contributed by atoms with E-state index in [0.717, 1.165) is 6.20 Å². The van der Waals surface area contributed by atoms with Crippen molar-refractivity contribution in [3.8, 4) is 11.8 Å². The third kappa shape index (κ3) is 3.31. The molecule has 0 spiro atoms. The molecule has 0 aliphatic carbocycles. The Hall–Kier alpha value is -1.84. The lowest BCUT2D eigenvalue weighted by molar-refractivity contribution is -0.275. The monoisotopic (exact) mass is 248 g/mol. The van der Waals surface area contributed by atoms with E-state index >= 15 is 0 Å². The van der Waals surface area contributed by atoms with Gasteiger partial charge in [-0.15, -0.1) is 13.2 Å². The molecule has 0 aliphatic heterocycles. The highest BCUT2D eigenvalue weighted by atomic mass is 19.4. The van der Waals surface area contributed by atoms with Gasteiger partial charge in [-0.3, -0.25) is 4.98 Å². The Morgan fingerprint density at radius 1 is 1.47 bits per heavy atom. The largest absolute Gasteiger partial charge is 0.573 e. The number of rotatable bonds is 3. The summed E-state index contributed by atoms with van der Waals surface area (Å²) in [4.78, 5) is 3.63. The maximum atomic E-state index is 12.5. The summed E-state index contributed by atoms with van der Waals surface area (Å²) >= 11 is 0. The van der Waals surface area contributed by atoms with Crippen LogP contribution in [0.15, 0.2) is 6.20 Å². The van der Waals surface area contributed by atoms with Gasteiger partial charge < -0.3 is 4.74 Å². The molecular formula is C10H8F4N2O. The molecule has 17 heavy (non-hydrogen) atoms. The molecule has 0 unspecified atom stereocenters. The summed E-state index contributed by atoms with van der Waals surface area (Å²) in [7, 11) is 0. The number of ether oxygens (including phenoxy) is 1. The minimum absolute atomic E-state index is 0.0143. The first-order valence-electron chi connectivity index (χ1n) is 4.55. The zero-order valence-corrected chi connectivity index (χ0v) is 8.81. The van der Waals surface area contributed by atoms with Gasteiger partial charge in [-0.2, -0.15) is 5.26 Å². The molecule has 0 radical (unpaired) electrons. The van der Waals surface area contributed by atoms with E-state index in [2.05, 4.69) is 9.72 Å². The number of nitriles is 1. The smallest absolute Gasteiger partial charge is 0.405 e. The van der Waals surface area contributed by atoms with Crippen molar-refractivity contribution < 1.29 is 22.3 Å². The van der Waals surface area contributed by atoms with Crippen molar-refractivity contribution in [2.45, 2.75) is 26.4 Å². The molecular weight excluding hydrogens is 240 g/mol. The molecule has 0 saturated carbocycles. The lowest BCUT2D eigenvalue weighted by Gasteiger charge is -2.15. The zero-order valence-electron chi connectivity index (χ0n) is 8.81. The molecule has 1 heterocycles. The highest BCUT2D eigenvalue weighted by Gasteiger charge is 2.33. The normalized spacial score (nSPS) is 11.1. The van der Waals surface area contributed by atoms with Gasteiger partial charge in [0, 0.05) is 17.3 Å². The fourth-order valence-corrected chi connectivity index (χ4v) is 1.29. The summed E-state index contributed by atoms with van der Waals surface area (Å²) in [5.41, 5.74) is -0.192. The van der Waals surface area contributed by atoms with Gasteiger partial charge in [0.1, 0.15) is 12.4 Å². The Labute approximate surface area is 94.6 Å². The van der Waals surface area contributed by atoms with E-state index in [1.165, 1.54) is 6.92 Å². The molecule has 0 saturated heterocycles. The highest BCUT2D eigenvalue weighted by molar-refractivity contribution is 5.43. The molecule has 0 fully saturated rings. The van der Waals surface area contributed by atoms with Gasteiger partial charge in [-0.25, -0.2) is 4.39 Å². The summed E-state index contributed by atoms with van der Waals surface area (Å²) in [5, 5.41) is 8.47. The number of nitrogens with zero attached hydrogens (tertiary/aromatic N) is 2. The average molecular weight is 248 g/mol. The predicted molar refractivity (Wildman–Crippen MR) is 49.8 cm³/mol.